The molecule has 0 saturated carbocycles. The number of nitrogens with one attached hydrogen (secondary N) is 3. The number of amides is 3. The molecule has 3 amide bonds. The predicted molar refractivity (Wildman–Crippen MR) is 102 cm³/mol. The van der Waals surface area contributed by atoms with Crippen molar-refractivity contribution < 1.29 is 18.8 Å². The number of halogens is 1. The minimum Gasteiger partial charge on any atom is -0.349 e. The molecule has 0 saturated heterocycles. The quantitative estimate of drug-likeness (QED) is 0.728. The maximum Gasteiger partial charge on any atom is 0.226 e. The lowest BCUT2D eigenvalue weighted by molar-refractivity contribution is -0.120. The van der Waals surface area contributed by atoms with Crippen molar-refractivity contribution in [2.24, 2.45) is 0 Å². The van der Waals surface area contributed by atoms with Crippen LogP contribution < -0.4 is 16.0 Å². The third-order valence-corrected chi connectivity index (χ3v) is 3.81. The first-order valence-corrected chi connectivity index (χ1v) is 8.45. The average molecular weight is 371 g/mol. The van der Waals surface area contributed by atoms with E-state index in [0.29, 0.717) is 5.69 Å². The van der Waals surface area contributed by atoms with Crippen LogP contribution in [0.1, 0.15) is 37.4 Å². The topological polar surface area (TPSA) is 87.3 Å². The van der Waals surface area contributed by atoms with E-state index in [-0.39, 0.29) is 23.9 Å². The summed E-state index contributed by atoms with van der Waals surface area (Å²) in [5, 5.41) is 7.78. The Hall–Kier alpha value is -3.22. The fraction of sp³-hybridized carbons (Fsp3) is 0.250. The second-order valence-electron chi connectivity index (χ2n) is 6.29. The van der Waals surface area contributed by atoms with Gasteiger partial charge < -0.3 is 16.0 Å². The first-order valence-electron chi connectivity index (χ1n) is 8.45. The molecule has 0 aliphatic rings. The first kappa shape index (κ1) is 20.1. The SMILES string of the molecule is CC(=O)Nc1cc(NC(=O)CC(NC(C)=O)c2ccc(C)cc2)ccc1F. The largest absolute Gasteiger partial charge is 0.349 e. The molecule has 7 heteroatoms. The van der Waals surface area contributed by atoms with Gasteiger partial charge in [0, 0.05) is 19.5 Å². The van der Waals surface area contributed by atoms with Gasteiger partial charge in [0.25, 0.3) is 0 Å². The maximum atomic E-state index is 13.7. The van der Waals surface area contributed by atoms with Crippen molar-refractivity contribution in [1.82, 2.24) is 5.32 Å². The fourth-order valence-electron chi connectivity index (χ4n) is 2.58. The standard InChI is InChI=1S/C20H22FN3O3/c1-12-4-6-15(7-5-12)18(22-13(2)25)11-20(27)24-16-8-9-17(21)19(10-16)23-14(3)26/h4-10,18H,11H2,1-3H3,(H,22,25)(H,23,26)(H,24,27). The third-order valence-electron chi connectivity index (χ3n) is 3.81. The van der Waals surface area contributed by atoms with Gasteiger partial charge in [0.2, 0.25) is 17.7 Å². The van der Waals surface area contributed by atoms with Crippen LogP contribution in [-0.2, 0) is 14.4 Å². The molecule has 1 unspecified atom stereocenters. The molecule has 0 aliphatic heterocycles. The van der Waals surface area contributed by atoms with Crippen LogP contribution in [0.4, 0.5) is 15.8 Å². The van der Waals surface area contributed by atoms with Crippen molar-refractivity contribution in [1.29, 1.82) is 0 Å². The molecule has 0 spiro atoms. The van der Waals surface area contributed by atoms with Crippen molar-refractivity contribution in [2.45, 2.75) is 33.2 Å². The number of aryl methyl sites for hydroxylation is 1. The number of hydrogen-bond acceptors (Lipinski definition) is 3. The van der Waals surface area contributed by atoms with Crippen LogP contribution in [0.15, 0.2) is 42.5 Å². The van der Waals surface area contributed by atoms with Crippen LogP contribution in [0.3, 0.4) is 0 Å². The van der Waals surface area contributed by atoms with E-state index in [1.165, 1.54) is 26.0 Å². The van der Waals surface area contributed by atoms with Gasteiger partial charge in [-0.1, -0.05) is 29.8 Å². The molecule has 2 aromatic rings. The van der Waals surface area contributed by atoms with Crippen LogP contribution in [0.2, 0.25) is 0 Å². The van der Waals surface area contributed by atoms with Gasteiger partial charge in [0.05, 0.1) is 18.2 Å². The molecule has 1 atom stereocenters. The van der Waals surface area contributed by atoms with E-state index in [9.17, 15) is 18.8 Å². The molecule has 0 aliphatic carbocycles. The Kier molecular flexibility index (Phi) is 6.65. The molecule has 0 heterocycles. The van der Waals surface area contributed by atoms with Gasteiger partial charge in [-0.3, -0.25) is 14.4 Å². The zero-order chi connectivity index (χ0) is 20.0. The Balaban J connectivity index is 2.12. The van der Waals surface area contributed by atoms with E-state index in [1.54, 1.807) is 0 Å². The number of carbonyl (C=O) groups excluding carboxylic acids is 3. The first-order chi connectivity index (χ1) is 12.7. The van der Waals surface area contributed by atoms with Crippen molar-refractivity contribution in [3.05, 3.63) is 59.4 Å². The zero-order valence-corrected chi connectivity index (χ0v) is 15.4. The van der Waals surface area contributed by atoms with Crippen LogP contribution >= 0.6 is 0 Å². The van der Waals surface area contributed by atoms with E-state index < -0.39 is 17.8 Å². The van der Waals surface area contributed by atoms with Gasteiger partial charge in [-0.15, -0.1) is 0 Å². The molecule has 142 valence electrons. The highest BCUT2D eigenvalue weighted by atomic mass is 19.1. The summed E-state index contributed by atoms with van der Waals surface area (Å²) in [6.07, 6.45) is 0.00941. The highest BCUT2D eigenvalue weighted by Crippen LogP contribution is 2.22. The van der Waals surface area contributed by atoms with Gasteiger partial charge in [-0.2, -0.15) is 0 Å². The van der Waals surface area contributed by atoms with Gasteiger partial charge in [-0.25, -0.2) is 4.39 Å². The third kappa shape index (κ3) is 6.22. The summed E-state index contributed by atoms with van der Waals surface area (Å²) in [6, 6.07) is 10.9. The number of anilines is 2. The molecular weight excluding hydrogens is 349 g/mol. The molecule has 0 radical (unpaired) electrons. The van der Waals surface area contributed by atoms with Crippen LogP contribution in [0.25, 0.3) is 0 Å². The smallest absolute Gasteiger partial charge is 0.226 e. The van der Waals surface area contributed by atoms with Gasteiger partial charge in [-0.05, 0) is 30.7 Å². The van der Waals surface area contributed by atoms with E-state index in [1.807, 2.05) is 31.2 Å². The number of carbonyl (C=O) groups is 3. The number of benzene rings is 2. The van der Waals surface area contributed by atoms with E-state index in [2.05, 4.69) is 16.0 Å². The second kappa shape index (κ2) is 8.93. The highest BCUT2D eigenvalue weighted by Gasteiger charge is 2.17. The van der Waals surface area contributed by atoms with Crippen molar-refractivity contribution in [3.8, 4) is 0 Å². The van der Waals surface area contributed by atoms with Crippen molar-refractivity contribution in [2.75, 3.05) is 10.6 Å². The van der Waals surface area contributed by atoms with Crippen LogP contribution in [0.5, 0.6) is 0 Å². The summed E-state index contributed by atoms with van der Waals surface area (Å²) >= 11 is 0. The summed E-state index contributed by atoms with van der Waals surface area (Å²) in [4.78, 5) is 35.0. The summed E-state index contributed by atoms with van der Waals surface area (Å²) in [5.74, 6) is -1.61. The van der Waals surface area contributed by atoms with Crippen LogP contribution in [-0.4, -0.2) is 17.7 Å². The Morgan fingerprint density at radius 2 is 1.63 bits per heavy atom. The summed E-state index contributed by atoms with van der Waals surface area (Å²) in [7, 11) is 0. The average Bonchev–Trinajstić information content (AvgIpc) is 2.57. The minimum absolute atomic E-state index is 0.00941. The lowest BCUT2D eigenvalue weighted by Gasteiger charge is -2.18. The van der Waals surface area contributed by atoms with E-state index >= 15 is 0 Å². The second-order valence-corrected chi connectivity index (χ2v) is 6.29. The molecular formula is C20H22FN3O3. The maximum absolute atomic E-state index is 13.7. The molecule has 27 heavy (non-hydrogen) atoms. The Labute approximate surface area is 157 Å². The molecule has 2 aromatic carbocycles. The predicted octanol–water partition coefficient (Wildman–Crippen LogP) is 3.30. The Morgan fingerprint density at radius 3 is 2.22 bits per heavy atom. The lowest BCUT2D eigenvalue weighted by Crippen LogP contribution is -2.29. The number of hydrogen-bond donors (Lipinski definition) is 3. The van der Waals surface area contributed by atoms with E-state index in [0.717, 1.165) is 17.2 Å². The van der Waals surface area contributed by atoms with Crippen molar-refractivity contribution in [3.63, 3.8) is 0 Å². The Morgan fingerprint density at radius 1 is 0.963 bits per heavy atom. The molecule has 6 nitrogen and oxygen atoms in total. The summed E-state index contributed by atoms with van der Waals surface area (Å²) < 4.78 is 13.7. The molecule has 0 fully saturated rings. The molecule has 0 aromatic heterocycles. The minimum atomic E-state index is -0.598. The highest BCUT2D eigenvalue weighted by molar-refractivity contribution is 5.94. The summed E-state index contributed by atoms with van der Waals surface area (Å²) in [6.45, 7) is 4.61. The van der Waals surface area contributed by atoms with Gasteiger partial charge in [0.15, 0.2) is 0 Å². The van der Waals surface area contributed by atoms with Gasteiger partial charge >= 0.3 is 0 Å². The van der Waals surface area contributed by atoms with E-state index in [4.69, 9.17) is 0 Å². The number of rotatable bonds is 6. The molecule has 0 bridgehead atoms. The zero-order valence-electron chi connectivity index (χ0n) is 15.4. The summed E-state index contributed by atoms with van der Waals surface area (Å²) in [5.41, 5.74) is 2.21. The van der Waals surface area contributed by atoms with Gasteiger partial charge in [0.1, 0.15) is 5.82 Å². The Bertz CT molecular complexity index is 850. The van der Waals surface area contributed by atoms with Crippen LogP contribution in [0, 0.1) is 12.7 Å². The van der Waals surface area contributed by atoms with Crippen molar-refractivity contribution >= 4 is 29.1 Å². The molecule has 3 N–H and O–H groups in total. The lowest BCUT2D eigenvalue weighted by atomic mass is 10.0. The molecule has 2 rings (SSSR count). The normalized spacial score (nSPS) is 11.4. The fourth-order valence-corrected chi connectivity index (χ4v) is 2.58. The monoisotopic (exact) mass is 371 g/mol.